The summed E-state index contributed by atoms with van der Waals surface area (Å²) in [6, 6.07) is 32.5. The molecule has 0 radical (unpaired) electrons. The van der Waals surface area contributed by atoms with Crippen LogP contribution in [0.1, 0.15) is 35.1 Å². The minimum atomic E-state index is -1.04. The highest BCUT2D eigenvalue weighted by molar-refractivity contribution is 6.62. The Bertz CT molecular complexity index is 2280. The average molecular weight is 756 g/mol. The van der Waals surface area contributed by atoms with Crippen LogP contribution in [0, 0.1) is 0 Å². The van der Waals surface area contributed by atoms with Crippen molar-refractivity contribution in [2.24, 2.45) is 0 Å². The van der Waals surface area contributed by atoms with Crippen LogP contribution in [0.4, 0.5) is 0 Å². The van der Waals surface area contributed by atoms with Crippen LogP contribution < -0.4 is 10.9 Å². The molecule has 12 rings (SSSR count). The van der Waals surface area contributed by atoms with Crippen LogP contribution in [-0.4, -0.2) is 102 Å². The number of carboxylic acid groups (broad SMARTS) is 2. The highest BCUT2D eigenvalue weighted by atomic mass is 16.8. The fourth-order valence-corrected chi connectivity index (χ4v) is 8.56. The second-order valence-electron chi connectivity index (χ2n) is 15.1. The minimum absolute atomic E-state index is 0.0378. The molecule has 3 fully saturated rings. The van der Waals surface area contributed by atoms with E-state index in [0.29, 0.717) is 39.3 Å². The van der Waals surface area contributed by atoms with Gasteiger partial charge in [-0.1, -0.05) is 84.9 Å². The summed E-state index contributed by atoms with van der Waals surface area (Å²) in [5, 5.41) is 35.3. The van der Waals surface area contributed by atoms with Gasteiger partial charge in [0.2, 0.25) is 0 Å². The van der Waals surface area contributed by atoms with Crippen LogP contribution in [0.5, 0.6) is 0 Å². The fraction of sp³-hybridized carbons (Fsp3) is 0.333. The Morgan fingerprint density at radius 1 is 0.625 bits per heavy atom. The smallest absolute Gasteiger partial charge is 0.481 e. The molecule has 2 unspecified atom stereocenters. The average Bonchev–Trinajstić information content (AvgIpc) is 3.93. The fourth-order valence-electron chi connectivity index (χ4n) is 8.56. The standard InChI is InChI=1S/C42H42B2N2O10/c47-37(48)15-17-45-21-28-13-14-29(33-20-27-8-2-1-7-26(27)19-32(28)33)22-46(18-16-38(49)50)24-31-10-4-6-12-35(31)44-55-41-39(51)40(53-42(41)56-44)36-25-52-43(54-36)34-11-5-3-9-30(34)23-45/h1-14,19-20,36,39-42,51H,15-18,21-25H2,(H,47,48)(H,49,50)/t36-,39?,40-,41?,42-/m1/s1. The summed E-state index contributed by atoms with van der Waals surface area (Å²) in [5.74, 6) is -1.76. The van der Waals surface area contributed by atoms with Crippen molar-refractivity contribution in [3.8, 4) is 0 Å². The normalized spacial score (nSPS) is 24.3. The van der Waals surface area contributed by atoms with Crippen molar-refractivity contribution in [2.45, 2.75) is 69.7 Å². The van der Waals surface area contributed by atoms with Gasteiger partial charge in [-0.3, -0.25) is 19.4 Å². The molecular formula is C42H42B2N2O10. The quantitative estimate of drug-likeness (QED) is 0.173. The van der Waals surface area contributed by atoms with E-state index in [1.165, 1.54) is 0 Å². The van der Waals surface area contributed by atoms with Crippen LogP contribution in [0.3, 0.4) is 0 Å². The summed E-state index contributed by atoms with van der Waals surface area (Å²) in [4.78, 5) is 28.1. The van der Waals surface area contributed by atoms with E-state index >= 15 is 0 Å². The predicted molar refractivity (Wildman–Crippen MR) is 209 cm³/mol. The van der Waals surface area contributed by atoms with E-state index in [1.807, 2.05) is 60.7 Å². The zero-order valence-electron chi connectivity index (χ0n) is 30.7. The largest absolute Gasteiger partial charge is 0.496 e. The van der Waals surface area contributed by atoms with Gasteiger partial charge < -0.3 is 38.7 Å². The summed E-state index contributed by atoms with van der Waals surface area (Å²) in [5.41, 5.74) is 5.53. The maximum atomic E-state index is 11.9. The molecular weight excluding hydrogens is 714 g/mol. The molecule has 0 amide bonds. The summed E-state index contributed by atoms with van der Waals surface area (Å²) >= 11 is 0. The summed E-state index contributed by atoms with van der Waals surface area (Å²) in [7, 11) is -1.52. The van der Waals surface area contributed by atoms with E-state index in [1.54, 1.807) is 0 Å². The number of aliphatic hydroxyl groups is 1. The van der Waals surface area contributed by atoms with E-state index in [4.69, 9.17) is 23.4 Å². The zero-order chi connectivity index (χ0) is 38.3. The zero-order valence-corrected chi connectivity index (χ0v) is 30.7. The first kappa shape index (κ1) is 37.0. The molecule has 56 heavy (non-hydrogen) atoms. The van der Waals surface area contributed by atoms with Crippen LogP contribution in [0.15, 0.2) is 97.1 Å². The molecule has 0 spiro atoms. The van der Waals surface area contributed by atoms with Gasteiger partial charge in [0.1, 0.15) is 18.3 Å². The Morgan fingerprint density at radius 3 is 1.70 bits per heavy atom. The Balaban J connectivity index is 1.15. The number of nitrogens with zero attached hydrogens (tertiary/aromatic N) is 2. The molecule has 3 saturated heterocycles. The van der Waals surface area contributed by atoms with Gasteiger partial charge in [-0.25, -0.2) is 0 Å². The lowest BCUT2D eigenvalue weighted by Crippen LogP contribution is -2.45. The van der Waals surface area contributed by atoms with Crippen molar-refractivity contribution in [2.75, 3.05) is 19.7 Å². The second-order valence-corrected chi connectivity index (χ2v) is 15.1. The number of carboxylic acids is 2. The topological polar surface area (TPSA) is 147 Å². The monoisotopic (exact) mass is 756 g/mol. The van der Waals surface area contributed by atoms with Crippen molar-refractivity contribution >= 4 is 58.6 Å². The molecule has 7 aliphatic rings. The minimum Gasteiger partial charge on any atom is -0.481 e. The third-order valence-corrected chi connectivity index (χ3v) is 11.4. The van der Waals surface area contributed by atoms with E-state index < -0.39 is 56.9 Å². The molecule has 286 valence electrons. The highest BCUT2D eigenvalue weighted by Gasteiger charge is 2.57. The molecule has 0 saturated carbocycles. The molecule has 7 heterocycles. The number of hydrogen-bond donors (Lipinski definition) is 3. The summed E-state index contributed by atoms with van der Waals surface area (Å²) < 4.78 is 31.6. The predicted octanol–water partition coefficient (Wildman–Crippen LogP) is 3.27. The first-order valence-electron chi connectivity index (χ1n) is 19.2. The molecule has 5 atom stereocenters. The molecule has 0 aliphatic carbocycles. The lowest BCUT2D eigenvalue weighted by atomic mass is 9.76. The van der Waals surface area contributed by atoms with Crippen molar-refractivity contribution in [3.05, 3.63) is 119 Å². The Labute approximate surface area is 324 Å². The van der Waals surface area contributed by atoms with Gasteiger partial charge in [-0.15, -0.1) is 0 Å². The Morgan fingerprint density at radius 2 is 1.14 bits per heavy atom. The second kappa shape index (κ2) is 15.7. The molecule has 14 heteroatoms. The van der Waals surface area contributed by atoms with Gasteiger partial charge in [0.25, 0.3) is 0 Å². The number of carbonyl (C=O) groups is 2. The molecule has 12 nitrogen and oxygen atoms in total. The van der Waals surface area contributed by atoms with Crippen LogP contribution >= 0.6 is 0 Å². The van der Waals surface area contributed by atoms with E-state index in [-0.39, 0.29) is 19.4 Å². The van der Waals surface area contributed by atoms with E-state index in [2.05, 4.69) is 46.2 Å². The third-order valence-electron chi connectivity index (χ3n) is 11.4. The Kier molecular flexibility index (Phi) is 10.4. The number of rotatable bonds is 6. The Hall–Kier alpha value is -4.63. The van der Waals surface area contributed by atoms with Crippen LogP contribution in [0.25, 0.3) is 21.5 Å². The van der Waals surface area contributed by atoms with Gasteiger partial charge in [0.15, 0.2) is 6.29 Å². The number of fused-ring (bicyclic) bond motifs is 1. The van der Waals surface area contributed by atoms with Crippen molar-refractivity contribution in [3.63, 3.8) is 0 Å². The molecule has 5 aromatic carbocycles. The van der Waals surface area contributed by atoms with Gasteiger partial charge in [0, 0.05) is 39.3 Å². The number of ether oxygens (including phenoxy) is 1. The van der Waals surface area contributed by atoms with Crippen molar-refractivity contribution < 1.29 is 48.3 Å². The SMILES string of the molecule is O=C(O)CCN1Cc2ccccc2B2OC3C(O)[C@H](O[C@@H]3O2)[C@H]2COB(O2)c2ccccc2CN(CCC(=O)O)Cc2ccc(c3cc4ccccc4cc23)C1. The first-order chi connectivity index (χ1) is 27.3. The first-order valence-corrected chi connectivity index (χ1v) is 19.2. The molecule has 8 bridgehead atoms. The van der Waals surface area contributed by atoms with E-state index in [9.17, 15) is 24.9 Å². The number of aliphatic hydroxyl groups excluding tert-OH is 1. The van der Waals surface area contributed by atoms with Crippen LogP contribution in [-0.2, 0) is 59.1 Å². The van der Waals surface area contributed by atoms with Gasteiger partial charge >= 0.3 is 26.2 Å². The summed E-state index contributed by atoms with van der Waals surface area (Å²) in [6.07, 6.45) is -4.04. The van der Waals surface area contributed by atoms with E-state index in [0.717, 1.165) is 54.7 Å². The van der Waals surface area contributed by atoms with Gasteiger partial charge in [-0.05, 0) is 66.9 Å². The maximum absolute atomic E-state index is 11.9. The van der Waals surface area contributed by atoms with Crippen molar-refractivity contribution in [1.29, 1.82) is 0 Å². The summed E-state index contributed by atoms with van der Waals surface area (Å²) in [6.45, 7) is 2.60. The van der Waals surface area contributed by atoms with Gasteiger partial charge in [-0.2, -0.15) is 0 Å². The number of benzene rings is 5. The lowest BCUT2D eigenvalue weighted by Gasteiger charge is -2.27. The third kappa shape index (κ3) is 7.47. The van der Waals surface area contributed by atoms with Crippen LogP contribution in [0.2, 0.25) is 0 Å². The molecule has 7 aliphatic heterocycles. The lowest BCUT2D eigenvalue weighted by molar-refractivity contribution is -0.138. The number of aliphatic carboxylic acids is 2. The molecule has 0 aromatic heterocycles. The van der Waals surface area contributed by atoms with Gasteiger partial charge in [0.05, 0.1) is 25.6 Å². The molecule has 5 aromatic rings. The highest BCUT2D eigenvalue weighted by Crippen LogP contribution is 2.36. The maximum Gasteiger partial charge on any atom is 0.496 e. The number of hydrogen-bond acceptors (Lipinski definition) is 10. The van der Waals surface area contributed by atoms with Crippen molar-refractivity contribution in [1.82, 2.24) is 9.80 Å². The molecule has 3 N–H and O–H groups in total.